The zero-order valence-corrected chi connectivity index (χ0v) is 14.7. The normalized spacial score (nSPS) is 16.7. The van der Waals surface area contributed by atoms with E-state index in [4.69, 9.17) is 9.47 Å². The number of nitrogens with one attached hydrogen (secondary N) is 2. The molecule has 1 fully saturated rings. The molecular weight excluding hydrogens is 308 g/mol. The van der Waals surface area contributed by atoms with E-state index in [1.54, 1.807) is 0 Å². The van der Waals surface area contributed by atoms with Crippen molar-refractivity contribution in [1.29, 1.82) is 0 Å². The van der Waals surface area contributed by atoms with E-state index in [0.29, 0.717) is 0 Å². The third-order valence-corrected chi connectivity index (χ3v) is 3.91. The molecule has 1 aliphatic rings. The average Bonchev–Trinajstić information content (AvgIpc) is 3.25. The van der Waals surface area contributed by atoms with Crippen LogP contribution in [0.25, 0.3) is 0 Å². The minimum absolute atomic E-state index is 0.219. The molecule has 1 aliphatic carbocycles. The topological polar surface area (TPSA) is 76.7 Å². The molecule has 6 heteroatoms. The van der Waals surface area contributed by atoms with Gasteiger partial charge in [-0.25, -0.2) is 9.59 Å². The van der Waals surface area contributed by atoms with Crippen LogP contribution >= 0.6 is 0 Å². The van der Waals surface area contributed by atoms with Crippen LogP contribution in [-0.2, 0) is 16.1 Å². The number of benzene rings is 1. The third kappa shape index (κ3) is 5.44. The lowest BCUT2D eigenvalue weighted by atomic mass is 10.1. The first-order valence-corrected chi connectivity index (χ1v) is 8.19. The van der Waals surface area contributed by atoms with E-state index < -0.39 is 23.3 Å². The van der Waals surface area contributed by atoms with Crippen LogP contribution in [0.2, 0.25) is 0 Å². The van der Waals surface area contributed by atoms with E-state index in [1.807, 2.05) is 58.0 Å². The highest BCUT2D eigenvalue weighted by atomic mass is 16.6. The molecule has 24 heavy (non-hydrogen) atoms. The maximum Gasteiger partial charge on any atom is 0.407 e. The molecule has 0 spiro atoms. The number of hydrogen-bond donors (Lipinski definition) is 2. The molecule has 6 nitrogen and oxygen atoms in total. The molecule has 2 N–H and O–H groups in total. The minimum Gasteiger partial charge on any atom is -0.445 e. The highest BCUT2D eigenvalue weighted by Gasteiger charge is 2.50. The van der Waals surface area contributed by atoms with E-state index in [1.165, 1.54) is 0 Å². The van der Waals surface area contributed by atoms with Crippen LogP contribution in [0.3, 0.4) is 0 Å². The lowest BCUT2D eigenvalue weighted by molar-refractivity contribution is 0.0490. The second-order valence-corrected chi connectivity index (χ2v) is 7.21. The molecule has 0 aromatic heterocycles. The second-order valence-electron chi connectivity index (χ2n) is 7.21. The van der Waals surface area contributed by atoms with Gasteiger partial charge in [0.1, 0.15) is 12.2 Å². The van der Waals surface area contributed by atoms with E-state index >= 15 is 0 Å². The molecular formula is C18H26N2O4. The minimum atomic E-state index is -0.553. The number of ether oxygens (including phenoxy) is 2. The quantitative estimate of drug-likeness (QED) is 0.865. The number of amides is 2. The Labute approximate surface area is 142 Å². The summed E-state index contributed by atoms with van der Waals surface area (Å²) < 4.78 is 10.5. The zero-order valence-electron chi connectivity index (χ0n) is 14.7. The van der Waals surface area contributed by atoms with Crippen molar-refractivity contribution in [2.75, 3.05) is 0 Å². The van der Waals surface area contributed by atoms with Gasteiger partial charge in [-0.05, 0) is 46.1 Å². The summed E-state index contributed by atoms with van der Waals surface area (Å²) in [7, 11) is 0. The van der Waals surface area contributed by atoms with Crippen molar-refractivity contribution >= 4 is 12.2 Å². The fourth-order valence-electron chi connectivity index (χ4n) is 2.39. The fraction of sp³-hybridized carbons (Fsp3) is 0.556. The van der Waals surface area contributed by atoms with E-state index in [-0.39, 0.29) is 12.6 Å². The van der Waals surface area contributed by atoms with Gasteiger partial charge < -0.3 is 20.1 Å². The van der Waals surface area contributed by atoms with E-state index in [9.17, 15) is 9.59 Å². The van der Waals surface area contributed by atoms with Gasteiger partial charge in [0, 0.05) is 0 Å². The van der Waals surface area contributed by atoms with Crippen molar-refractivity contribution < 1.29 is 19.1 Å². The Hall–Kier alpha value is -2.24. The molecule has 1 saturated carbocycles. The van der Waals surface area contributed by atoms with E-state index in [0.717, 1.165) is 18.4 Å². The summed E-state index contributed by atoms with van der Waals surface area (Å²) in [6, 6.07) is 9.25. The highest BCUT2D eigenvalue weighted by molar-refractivity contribution is 5.71. The molecule has 1 aromatic rings. The largest absolute Gasteiger partial charge is 0.445 e. The van der Waals surface area contributed by atoms with E-state index in [2.05, 4.69) is 10.6 Å². The lowest BCUT2D eigenvalue weighted by Crippen LogP contribution is -2.53. The van der Waals surface area contributed by atoms with Crippen LogP contribution in [0.4, 0.5) is 9.59 Å². The first-order valence-electron chi connectivity index (χ1n) is 8.19. The summed E-state index contributed by atoms with van der Waals surface area (Å²) >= 11 is 0. The molecule has 0 heterocycles. The van der Waals surface area contributed by atoms with Gasteiger partial charge in [0.25, 0.3) is 0 Å². The Morgan fingerprint density at radius 3 is 2.33 bits per heavy atom. The number of rotatable bonds is 5. The van der Waals surface area contributed by atoms with Gasteiger partial charge in [-0.3, -0.25) is 0 Å². The zero-order chi connectivity index (χ0) is 17.8. The summed E-state index contributed by atoms with van der Waals surface area (Å²) in [5.41, 5.74) is -0.0785. The van der Waals surface area contributed by atoms with Crippen LogP contribution < -0.4 is 10.6 Å². The van der Waals surface area contributed by atoms with Crippen LogP contribution in [0.5, 0.6) is 0 Å². The Bertz CT molecular complexity index is 576. The monoisotopic (exact) mass is 334 g/mol. The van der Waals surface area contributed by atoms with Crippen molar-refractivity contribution in [2.45, 2.75) is 64.3 Å². The average molecular weight is 334 g/mol. The summed E-state index contributed by atoms with van der Waals surface area (Å²) in [6.07, 6.45) is 0.629. The Kier molecular flexibility index (Phi) is 5.36. The predicted molar refractivity (Wildman–Crippen MR) is 90.6 cm³/mol. The summed E-state index contributed by atoms with van der Waals surface area (Å²) in [5, 5.41) is 5.66. The molecule has 0 aliphatic heterocycles. The van der Waals surface area contributed by atoms with Gasteiger partial charge in [-0.1, -0.05) is 30.3 Å². The Morgan fingerprint density at radius 1 is 1.17 bits per heavy atom. The Balaban J connectivity index is 1.80. The molecule has 1 aromatic carbocycles. The molecule has 2 rings (SSSR count). The van der Waals surface area contributed by atoms with Gasteiger partial charge in [0.05, 0.1) is 11.6 Å². The number of alkyl carbamates (subject to hydrolysis) is 2. The standard InChI is InChI=1S/C18H26N2O4/c1-13(19-15(21)24-17(2,3)4)18(10-11-18)20-16(22)23-12-14-8-6-5-7-9-14/h5-9,13H,10-12H2,1-4H3,(H,19,21)(H,20,22)/t13-/m0/s1. The maximum absolute atomic E-state index is 12.0. The lowest BCUT2D eigenvalue weighted by Gasteiger charge is -2.27. The van der Waals surface area contributed by atoms with Gasteiger partial charge in [0.2, 0.25) is 0 Å². The summed E-state index contributed by atoms with van der Waals surface area (Å²) in [4.78, 5) is 23.9. The van der Waals surface area contributed by atoms with Gasteiger partial charge in [-0.2, -0.15) is 0 Å². The summed E-state index contributed by atoms with van der Waals surface area (Å²) in [5.74, 6) is 0. The first-order chi connectivity index (χ1) is 11.2. The van der Waals surface area contributed by atoms with Crippen LogP contribution in [0.15, 0.2) is 30.3 Å². The smallest absolute Gasteiger partial charge is 0.407 e. The molecule has 0 radical (unpaired) electrons. The van der Waals surface area contributed by atoms with Crippen LogP contribution in [-0.4, -0.2) is 29.4 Å². The molecule has 2 amide bonds. The van der Waals surface area contributed by atoms with Gasteiger partial charge in [-0.15, -0.1) is 0 Å². The molecule has 0 saturated heterocycles. The predicted octanol–water partition coefficient (Wildman–Crippen LogP) is 3.36. The van der Waals surface area contributed by atoms with Gasteiger partial charge >= 0.3 is 12.2 Å². The highest BCUT2D eigenvalue weighted by Crippen LogP contribution is 2.38. The maximum atomic E-state index is 12.0. The van der Waals surface area contributed by atoms with Crippen molar-refractivity contribution in [2.24, 2.45) is 0 Å². The van der Waals surface area contributed by atoms with Crippen LogP contribution in [0, 0.1) is 0 Å². The van der Waals surface area contributed by atoms with Gasteiger partial charge in [0.15, 0.2) is 0 Å². The molecule has 132 valence electrons. The van der Waals surface area contributed by atoms with Crippen molar-refractivity contribution in [1.82, 2.24) is 10.6 Å². The number of hydrogen-bond acceptors (Lipinski definition) is 4. The SMILES string of the molecule is C[C@H](NC(=O)OC(C)(C)C)C1(NC(=O)OCc2ccccc2)CC1. The number of carbonyl (C=O) groups is 2. The number of carbonyl (C=O) groups excluding carboxylic acids is 2. The van der Waals surface area contributed by atoms with Crippen molar-refractivity contribution in [3.05, 3.63) is 35.9 Å². The first kappa shape index (κ1) is 18.1. The summed E-state index contributed by atoms with van der Waals surface area (Å²) in [6.45, 7) is 7.50. The molecule has 0 unspecified atom stereocenters. The Morgan fingerprint density at radius 2 is 1.79 bits per heavy atom. The van der Waals surface area contributed by atoms with Crippen molar-refractivity contribution in [3.63, 3.8) is 0 Å². The second kappa shape index (κ2) is 7.11. The van der Waals surface area contributed by atoms with Crippen molar-refractivity contribution in [3.8, 4) is 0 Å². The van der Waals surface area contributed by atoms with Crippen LogP contribution in [0.1, 0.15) is 46.1 Å². The fourth-order valence-corrected chi connectivity index (χ4v) is 2.39. The molecule has 1 atom stereocenters. The molecule has 0 bridgehead atoms. The third-order valence-electron chi connectivity index (χ3n) is 3.91.